The molecule has 0 bridgehead atoms. The molecule has 0 aliphatic heterocycles. The van der Waals surface area contributed by atoms with Crippen molar-refractivity contribution in [1.82, 2.24) is 4.72 Å². The number of urea groups is 1. The molecule has 27 heavy (non-hydrogen) atoms. The Morgan fingerprint density at radius 2 is 1.85 bits per heavy atom. The van der Waals surface area contributed by atoms with Crippen LogP contribution in [0.2, 0.25) is 5.02 Å². The van der Waals surface area contributed by atoms with E-state index in [1.807, 2.05) is 5.32 Å². The van der Waals surface area contributed by atoms with E-state index < -0.39 is 44.2 Å². The van der Waals surface area contributed by atoms with Crippen LogP contribution in [-0.2, 0) is 21.8 Å². The second-order valence-corrected chi connectivity index (χ2v) is 8.01. The summed E-state index contributed by atoms with van der Waals surface area (Å²) in [6.07, 6.45) is -3.84. The molecule has 0 atom stereocenters. The topological polar surface area (TPSA) is 109 Å². The predicted octanol–water partition coefficient (Wildman–Crippen LogP) is 3.69. The van der Waals surface area contributed by atoms with Gasteiger partial charge in [-0.1, -0.05) is 11.6 Å². The lowest BCUT2D eigenvalue weighted by molar-refractivity contribution is -0.136. The minimum Gasteiger partial charge on any atom is -0.451 e. The summed E-state index contributed by atoms with van der Waals surface area (Å²) in [5.41, 5.74) is -3.20. The number of rotatable bonds is 4. The summed E-state index contributed by atoms with van der Waals surface area (Å²) in [4.78, 5) is 11.9. The lowest BCUT2D eigenvalue weighted by Gasteiger charge is -2.14. The second kappa shape index (κ2) is 7.06. The Labute approximate surface area is 157 Å². The molecule has 2 amide bonds. The number of aliphatic hydroxyl groups is 1. The fourth-order valence-electron chi connectivity index (χ4n) is 1.96. The molecule has 0 aliphatic rings. The van der Waals surface area contributed by atoms with Crippen LogP contribution in [0.4, 0.5) is 23.7 Å². The minimum absolute atomic E-state index is 0.125. The molecule has 3 N–H and O–H groups in total. The maximum Gasteiger partial charge on any atom is 0.418 e. The van der Waals surface area contributed by atoms with Gasteiger partial charge in [0.05, 0.1) is 23.1 Å². The zero-order valence-electron chi connectivity index (χ0n) is 13.9. The van der Waals surface area contributed by atoms with Gasteiger partial charge in [-0.25, -0.2) is 9.52 Å². The highest BCUT2D eigenvalue weighted by Gasteiger charge is 2.34. The number of nitrogens with one attached hydrogen (secondary N) is 2. The molecule has 0 saturated carbocycles. The van der Waals surface area contributed by atoms with Crippen LogP contribution in [0, 0.1) is 0 Å². The van der Waals surface area contributed by atoms with Crippen molar-refractivity contribution in [1.29, 1.82) is 0 Å². The van der Waals surface area contributed by atoms with Crippen molar-refractivity contribution in [3.63, 3.8) is 0 Å². The van der Waals surface area contributed by atoms with Crippen molar-refractivity contribution in [3.05, 3.63) is 46.7 Å². The summed E-state index contributed by atoms with van der Waals surface area (Å²) in [5, 5.41) is 10.7. The van der Waals surface area contributed by atoms with E-state index in [-0.39, 0.29) is 10.6 Å². The molecular weight excluding hydrogens is 413 g/mol. The number of amides is 2. The number of halogens is 4. The van der Waals surface area contributed by atoms with Gasteiger partial charge in [0.25, 0.3) is 10.0 Å². The Bertz CT molecular complexity index is 965. The maximum absolute atomic E-state index is 13.0. The largest absolute Gasteiger partial charge is 0.451 e. The van der Waals surface area contributed by atoms with Crippen molar-refractivity contribution < 1.29 is 35.9 Å². The molecule has 0 aliphatic carbocycles. The Hall–Kier alpha value is -2.24. The number of hydrogen-bond donors (Lipinski definition) is 3. The summed E-state index contributed by atoms with van der Waals surface area (Å²) >= 11 is 5.53. The third-order valence-electron chi connectivity index (χ3n) is 3.31. The van der Waals surface area contributed by atoms with Crippen molar-refractivity contribution in [2.45, 2.75) is 30.7 Å². The highest BCUT2D eigenvalue weighted by Crippen LogP contribution is 2.36. The molecule has 0 radical (unpaired) electrons. The monoisotopic (exact) mass is 426 g/mol. The first-order valence-corrected chi connectivity index (χ1v) is 9.08. The average molecular weight is 427 g/mol. The first-order valence-electron chi connectivity index (χ1n) is 7.22. The van der Waals surface area contributed by atoms with Crippen LogP contribution in [0.15, 0.2) is 40.0 Å². The van der Waals surface area contributed by atoms with Crippen LogP contribution in [0.1, 0.15) is 25.0 Å². The number of benzene rings is 1. The molecule has 148 valence electrons. The molecule has 0 unspecified atom stereocenters. The molecule has 1 heterocycles. The van der Waals surface area contributed by atoms with Gasteiger partial charge in [0.1, 0.15) is 0 Å². The third-order valence-corrected chi connectivity index (χ3v) is 4.74. The van der Waals surface area contributed by atoms with E-state index in [2.05, 4.69) is 0 Å². The van der Waals surface area contributed by atoms with E-state index in [9.17, 15) is 31.5 Å². The van der Waals surface area contributed by atoms with Gasteiger partial charge in [0.2, 0.25) is 5.09 Å². The molecular formula is C15H14ClF3N2O5S. The SMILES string of the molecule is CC(C)(O)c1coc(S(=O)(=O)NC(=O)Nc2ccc(Cl)cc2C(F)(F)F)c1. The Morgan fingerprint density at radius 1 is 1.22 bits per heavy atom. The van der Waals surface area contributed by atoms with E-state index in [0.29, 0.717) is 6.07 Å². The van der Waals surface area contributed by atoms with Crippen LogP contribution in [0.5, 0.6) is 0 Å². The molecule has 7 nitrogen and oxygen atoms in total. The number of carbonyl (C=O) groups excluding carboxylic acids is 1. The number of furan rings is 1. The second-order valence-electron chi connectivity index (χ2n) is 5.96. The lowest BCUT2D eigenvalue weighted by atomic mass is 10.0. The van der Waals surface area contributed by atoms with Gasteiger partial charge in [-0.05, 0) is 32.0 Å². The van der Waals surface area contributed by atoms with Gasteiger partial charge in [0.15, 0.2) is 0 Å². The normalized spacial score (nSPS) is 12.7. The van der Waals surface area contributed by atoms with Crippen LogP contribution >= 0.6 is 11.6 Å². The van der Waals surface area contributed by atoms with Crippen molar-refractivity contribution in [2.75, 3.05) is 5.32 Å². The molecule has 12 heteroatoms. The van der Waals surface area contributed by atoms with Crippen LogP contribution in [0.25, 0.3) is 0 Å². The van der Waals surface area contributed by atoms with E-state index in [1.54, 1.807) is 0 Å². The van der Waals surface area contributed by atoms with Crippen LogP contribution in [0.3, 0.4) is 0 Å². The standard InChI is InChI=1S/C15H14ClF3N2O5S/c1-14(2,23)8-5-12(26-7-8)27(24,25)21-13(22)20-11-4-3-9(16)6-10(11)15(17,18)19/h3-7,23H,1-2H3,(H2,20,21,22). The first kappa shape index (κ1) is 21.1. The zero-order chi connectivity index (χ0) is 20.6. The molecule has 0 spiro atoms. The van der Waals surface area contributed by atoms with Gasteiger partial charge in [-0.15, -0.1) is 0 Å². The van der Waals surface area contributed by atoms with E-state index in [1.165, 1.54) is 18.6 Å². The first-order chi connectivity index (χ1) is 12.2. The maximum atomic E-state index is 13.0. The third kappa shape index (κ3) is 5.15. The van der Waals surface area contributed by atoms with E-state index in [4.69, 9.17) is 16.0 Å². The van der Waals surface area contributed by atoms with Crippen molar-refractivity contribution in [2.24, 2.45) is 0 Å². The van der Waals surface area contributed by atoms with Gasteiger partial charge < -0.3 is 14.8 Å². The van der Waals surface area contributed by atoms with Gasteiger partial charge in [0, 0.05) is 16.7 Å². The van der Waals surface area contributed by atoms with Gasteiger partial charge in [-0.3, -0.25) is 0 Å². The number of carbonyl (C=O) groups is 1. The quantitative estimate of drug-likeness (QED) is 0.691. The summed E-state index contributed by atoms with van der Waals surface area (Å²) in [5.74, 6) is 0. The summed E-state index contributed by atoms with van der Waals surface area (Å²) in [6, 6.07) is 2.12. The van der Waals surface area contributed by atoms with Crippen molar-refractivity contribution in [3.8, 4) is 0 Å². The molecule has 0 saturated heterocycles. The zero-order valence-corrected chi connectivity index (χ0v) is 15.5. The minimum atomic E-state index is -4.82. The molecule has 2 rings (SSSR count). The molecule has 1 aromatic heterocycles. The number of anilines is 1. The number of sulfonamides is 1. The Balaban J connectivity index is 2.22. The van der Waals surface area contributed by atoms with Gasteiger partial charge in [-0.2, -0.15) is 21.6 Å². The number of alkyl halides is 3. The molecule has 1 aromatic carbocycles. The van der Waals surface area contributed by atoms with E-state index >= 15 is 0 Å². The highest BCUT2D eigenvalue weighted by molar-refractivity contribution is 7.89. The summed E-state index contributed by atoms with van der Waals surface area (Å²) < 4.78 is 69.6. The summed E-state index contributed by atoms with van der Waals surface area (Å²) in [6.45, 7) is 2.77. The van der Waals surface area contributed by atoms with Crippen LogP contribution < -0.4 is 10.0 Å². The smallest absolute Gasteiger partial charge is 0.418 e. The number of hydrogen-bond acceptors (Lipinski definition) is 5. The summed E-state index contributed by atoms with van der Waals surface area (Å²) in [7, 11) is -4.52. The fraction of sp³-hybridized carbons (Fsp3) is 0.267. The average Bonchev–Trinajstić information content (AvgIpc) is 2.98. The van der Waals surface area contributed by atoms with Gasteiger partial charge >= 0.3 is 12.2 Å². The highest BCUT2D eigenvalue weighted by atomic mass is 35.5. The molecule has 2 aromatic rings. The van der Waals surface area contributed by atoms with Crippen LogP contribution in [-0.4, -0.2) is 19.6 Å². The molecule has 0 fully saturated rings. The van der Waals surface area contributed by atoms with Crippen molar-refractivity contribution >= 4 is 33.3 Å². The fourth-order valence-corrected chi connectivity index (χ4v) is 2.98. The Kier molecular flexibility index (Phi) is 5.51. The lowest BCUT2D eigenvalue weighted by Crippen LogP contribution is -2.34. The van der Waals surface area contributed by atoms with E-state index in [0.717, 1.165) is 24.5 Å². The Morgan fingerprint density at radius 3 is 2.37 bits per heavy atom. The predicted molar refractivity (Wildman–Crippen MR) is 89.7 cm³/mol.